The molecule has 164 valence electrons. The fourth-order valence-corrected chi connectivity index (χ4v) is 4.08. The van der Waals surface area contributed by atoms with Crippen molar-refractivity contribution in [3.8, 4) is 11.8 Å². The van der Waals surface area contributed by atoms with Crippen molar-refractivity contribution in [1.29, 1.82) is 5.26 Å². The van der Waals surface area contributed by atoms with Crippen LogP contribution < -0.4 is 10.1 Å². The Morgan fingerprint density at radius 3 is 2.91 bits per heavy atom. The first-order chi connectivity index (χ1) is 15.5. The molecule has 4 rings (SSSR count). The number of nitriles is 1. The van der Waals surface area contributed by atoms with Gasteiger partial charge in [0.05, 0.1) is 19.2 Å². The predicted molar refractivity (Wildman–Crippen MR) is 121 cm³/mol. The third kappa shape index (κ3) is 4.02. The van der Waals surface area contributed by atoms with Gasteiger partial charge in [-0.2, -0.15) is 5.26 Å². The van der Waals surface area contributed by atoms with Crippen LogP contribution in [0.5, 0.6) is 5.75 Å². The number of pyridine rings is 1. The molecule has 0 saturated heterocycles. The van der Waals surface area contributed by atoms with Gasteiger partial charge in [0.25, 0.3) is 5.91 Å². The van der Waals surface area contributed by atoms with E-state index in [1.807, 2.05) is 48.7 Å². The molecule has 1 amide bonds. The Morgan fingerprint density at radius 2 is 2.16 bits per heavy atom. The maximum Gasteiger partial charge on any atom is 0.254 e. The first-order valence-corrected chi connectivity index (χ1v) is 10.7. The van der Waals surface area contributed by atoms with E-state index in [1.54, 1.807) is 12.4 Å². The number of amides is 1. The van der Waals surface area contributed by atoms with Crippen molar-refractivity contribution in [3.63, 3.8) is 0 Å². The van der Waals surface area contributed by atoms with Crippen molar-refractivity contribution in [3.05, 3.63) is 70.8 Å². The van der Waals surface area contributed by atoms with E-state index in [4.69, 9.17) is 4.74 Å². The summed E-state index contributed by atoms with van der Waals surface area (Å²) >= 11 is 0. The molecule has 2 aromatic heterocycles. The van der Waals surface area contributed by atoms with Gasteiger partial charge in [0, 0.05) is 37.7 Å². The van der Waals surface area contributed by atoms with E-state index in [0.29, 0.717) is 25.4 Å². The van der Waals surface area contributed by atoms with Crippen LogP contribution in [0.2, 0.25) is 0 Å². The number of anilines is 1. The molecular formula is C24H26N6O2. The summed E-state index contributed by atoms with van der Waals surface area (Å²) < 4.78 is 7.58. The van der Waals surface area contributed by atoms with Crippen molar-refractivity contribution in [1.82, 2.24) is 19.4 Å². The van der Waals surface area contributed by atoms with E-state index >= 15 is 0 Å². The van der Waals surface area contributed by atoms with E-state index < -0.39 is 0 Å². The van der Waals surface area contributed by atoms with Gasteiger partial charge in [-0.15, -0.1) is 0 Å². The Bertz CT molecular complexity index is 1180. The molecule has 32 heavy (non-hydrogen) atoms. The minimum absolute atomic E-state index is 0.00221. The highest BCUT2D eigenvalue weighted by atomic mass is 16.5. The van der Waals surface area contributed by atoms with Crippen molar-refractivity contribution in [2.75, 3.05) is 25.5 Å². The molecule has 0 fully saturated rings. The molecule has 3 aromatic rings. The molecule has 0 spiro atoms. The van der Waals surface area contributed by atoms with Gasteiger partial charge in [0.2, 0.25) is 5.95 Å². The van der Waals surface area contributed by atoms with Crippen LogP contribution >= 0.6 is 0 Å². The van der Waals surface area contributed by atoms with Gasteiger partial charge in [-0.05, 0) is 49.1 Å². The van der Waals surface area contributed by atoms with Crippen molar-refractivity contribution in [2.45, 2.75) is 32.9 Å². The van der Waals surface area contributed by atoms with Crippen LogP contribution in [0.3, 0.4) is 0 Å². The SMILES string of the molecule is CCOc1cc(C(C)N2CCc3ccc(Cn4ccnc4NC)cc3C2=O)cnc1C#N. The number of fused-ring (bicyclic) bond motifs is 1. The monoisotopic (exact) mass is 430 g/mol. The summed E-state index contributed by atoms with van der Waals surface area (Å²) in [5, 5.41) is 12.3. The zero-order chi connectivity index (χ0) is 22.7. The lowest BCUT2D eigenvalue weighted by atomic mass is 9.94. The first kappa shape index (κ1) is 21.4. The van der Waals surface area contributed by atoms with Gasteiger partial charge >= 0.3 is 0 Å². The van der Waals surface area contributed by atoms with Crippen LogP contribution in [0, 0.1) is 11.3 Å². The van der Waals surface area contributed by atoms with E-state index in [0.717, 1.165) is 34.6 Å². The van der Waals surface area contributed by atoms with Crippen LogP contribution in [0.1, 0.15) is 52.6 Å². The number of hydrogen-bond acceptors (Lipinski definition) is 6. The summed E-state index contributed by atoms with van der Waals surface area (Å²) in [7, 11) is 1.84. The Morgan fingerprint density at radius 1 is 1.31 bits per heavy atom. The van der Waals surface area contributed by atoms with Crippen molar-refractivity contribution in [2.24, 2.45) is 0 Å². The molecule has 0 saturated carbocycles. The Labute approximate surface area is 187 Å². The summed E-state index contributed by atoms with van der Waals surface area (Å²) in [6, 6.07) is 9.79. The number of carbonyl (C=O) groups excluding carboxylic acids is 1. The second-order valence-corrected chi connectivity index (χ2v) is 7.70. The summed E-state index contributed by atoms with van der Waals surface area (Å²) in [5.74, 6) is 1.23. The van der Waals surface area contributed by atoms with E-state index in [-0.39, 0.29) is 17.6 Å². The smallest absolute Gasteiger partial charge is 0.254 e. The topological polar surface area (TPSA) is 96.1 Å². The number of carbonyl (C=O) groups is 1. The molecule has 8 heteroatoms. The summed E-state index contributed by atoms with van der Waals surface area (Å²) in [6.45, 7) is 5.55. The number of imidazole rings is 1. The standard InChI is InChI=1S/C24H26N6O2/c1-4-32-22-12-19(14-28-21(22)13-25)16(2)30-9-7-18-6-5-17(11-20(18)23(30)31)15-29-10-8-27-24(29)26-3/h5-6,8,10-12,14,16H,4,7,9,15H2,1-3H3,(H,26,27). The Kier molecular flexibility index (Phi) is 6.08. The minimum Gasteiger partial charge on any atom is -0.491 e. The largest absolute Gasteiger partial charge is 0.491 e. The highest BCUT2D eigenvalue weighted by Crippen LogP contribution is 2.30. The number of benzene rings is 1. The minimum atomic E-state index is -0.191. The third-order valence-corrected chi connectivity index (χ3v) is 5.81. The van der Waals surface area contributed by atoms with E-state index in [9.17, 15) is 10.1 Å². The Hall–Kier alpha value is -3.86. The maximum absolute atomic E-state index is 13.4. The quantitative estimate of drug-likeness (QED) is 0.617. The van der Waals surface area contributed by atoms with Gasteiger partial charge in [-0.3, -0.25) is 4.79 Å². The van der Waals surface area contributed by atoms with Crippen LogP contribution in [0.15, 0.2) is 42.9 Å². The molecule has 1 aliphatic heterocycles. The molecule has 1 N–H and O–H groups in total. The molecule has 1 aliphatic rings. The zero-order valence-electron chi connectivity index (χ0n) is 18.5. The van der Waals surface area contributed by atoms with Gasteiger partial charge < -0.3 is 19.5 Å². The molecule has 3 heterocycles. The van der Waals surface area contributed by atoms with Crippen molar-refractivity contribution < 1.29 is 9.53 Å². The molecule has 0 bridgehead atoms. The molecular weight excluding hydrogens is 404 g/mol. The summed E-state index contributed by atoms with van der Waals surface area (Å²) in [5.41, 5.74) is 3.94. The maximum atomic E-state index is 13.4. The van der Waals surface area contributed by atoms with E-state index in [1.165, 1.54) is 0 Å². The van der Waals surface area contributed by atoms with Gasteiger partial charge in [-0.1, -0.05) is 12.1 Å². The Balaban J connectivity index is 1.59. The third-order valence-electron chi connectivity index (χ3n) is 5.81. The lowest BCUT2D eigenvalue weighted by Crippen LogP contribution is -2.39. The van der Waals surface area contributed by atoms with Crippen molar-refractivity contribution >= 4 is 11.9 Å². The van der Waals surface area contributed by atoms with Crippen LogP contribution in [0.25, 0.3) is 0 Å². The lowest BCUT2D eigenvalue weighted by Gasteiger charge is -2.34. The number of ether oxygens (including phenoxy) is 1. The summed E-state index contributed by atoms with van der Waals surface area (Å²) in [6.07, 6.45) is 6.11. The highest BCUT2D eigenvalue weighted by Gasteiger charge is 2.29. The number of nitrogens with zero attached hydrogens (tertiary/aromatic N) is 5. The normalized spacial score (nSPS) is 13.9. The second-order valence-electron chi connectivity index (χ2n) is 7.70. The number of aromatic nitrogens is 3. The predicted octanol–water partition coefficient (Wildman–Crippen LogP) is 3.40. The molecule has 1 unspecified atom stereocenters. The molecule has 1 atom stereocenters. The average molecular weight is 431 g/mol. The molecule has 0 aliphatic carbocycles. The molecule has 0 radical (unpaired) electrons. The highest BCUT2D eigenvalue weighted by molar-refractivity contribution is 5.97. The number of rotatable bonds is 7. The van der Waals surface area contributed by atoms with Gasteiger partial charge in [0.1, 0.15) is 6.07 Å². The van der Waals surface area contributed by atoms with Crippen LogP contribution in [-0.4, -0.2) is 45.5 Å². The first-order valence-electron chi connectivity index (χ1n) is 10.7. The number of hydrogen-bond donors (Lipinski definition) is 1. The second kappa shape index (κ2) is 9.10. The molecule has 8 nitrogen and oxygen atoms in total. The fraction of sp³-hybridized carbons (Fsp3) is 0.333. The lowest BCUT2D eigenvalue weighted by molar-refractivity contribution is 0.0672. The molecule has 1 aromatic carbocycles. The average Bonchev–Trinajstić information content (AvgIpc) is 3.26. The van der Waals surface area contributed by atoms with Gasteiger partial charge in [-0.25, -0.2) is 9.97 Å². The van der Waals surface area contributed by atoms with E-state index in [2.05, 4.69) is 33.5 Å². The number of nitrogens with one attached hydrogen (secondary N) is 1. The fourth-order valence-electron chi connectivity index (χ4n) is 4.08. The van der Waals surface area contributed by atoms with Crippen LogP contribution in [0.4, 0.5) is 5.95 Å². The summed E-state index contributed by atoms with van der Waals surface area (Å²) in [4.78, 5) is 23.8. The zero-order valence-corrected chi connectivity index (χ0v) is 18.5. The van der Waals surface area contributed by atoms with Crippen LogP contribution in [-0.2, 0) is 13.0 Å². The van der Waals surface area contributed by atoms with Gasteiger partial charge in [0.15, 0.2) is 11.4 Å².